The van der Waals surface area contributed by atoms with Crippen LogP contribution in [0.4, 0.5) is 11.4 Å². The number of aromatic nitrogens is 3. The van der Waals surface area contributed by atoms with Crippen molar-refractivity contribution in [2.45, 2.75) is 19.3 Å². The number of piperidine rings is 1. The molecule has 2 aromatic heterocycles. The van der Waals surface area contributed by atoms with E-state index in [1.807, 2.05) is 30.3 Å². The number of rotatable bonds is 5. The molecule has 0 radical (unpaired) electrons. The number of nitro groups is 1. The summed E-state index contributed by atoms with van der Waals surface area (Å²) in [5.41, 5.74) is 2.37. The molecule has 3 aromatic carbocycles. The summed E-state index contributed by atoms with van der Waals surface area (Å²) in [6.45, 7) is 1.73. The van der Waals surface area contributed by atoms with Crippen LogP contribution in [0.25, 0.3) is 39.0 Å². The van der Waals surface area contributed by atoms with Gasteiger partial charge in [0.05, 0.1) is 22.2 Å². The molecule has 0 atom stereocenters. The normalized spacial score (nSPS) is 13.7. The maximum atomic E-state index is 13.7. The molecule has 0 spiro atoms. The van der Waals surface area contributed by atoms with Gasteiger partial charge in [-0.1, -0.05) is 34.1 Å². The van der Waals surface area contributed by atoms with Crippen molar-refractivity contribution in [1.82, 2.24) is 14.8 Å². The highest BCUT2D eigenvalue weighted by Gasteiger charge is 2.23. The molecule has 0 aliphatic carbocycles. The lowest BCUT2D eigenvalue weighted by molar-refractivity contribution is -0.384. The van der Waals surface area contributed by atoms with Crippen molar-refractivity contribution in [2.24, 2.45) is 0 Å². The van der Waals surface area contributed by atoms with E-state index in [0.717, 1.165) is 52.8 Å². The lowest BCUT2D eigenvalue weighted by atomic mass is 10.0. The van der Waals surface area contributed by atoms with Gasteiger partial charge in [-0.3, -0.25) is 14.9 Å². The fraction of sp³-hybridized carbons (Fsp3) is 0.179. The van der Waals surface area contributed by atoms with Crippen LogP contribution in [0.1, 0.15) is 19.3 Å². The Bertz CT molecular complexity index is 1730. The van der Waals surface area contributed by atoms with E-state index in [1.54, 1.807) is 30.5 Å². The minimum absolute atomic E-state index is 0.139. The van der Waals surface area contributed by atoms with Gasteiger partial charge >= 0.3 is 0 Å². The van der Waals surface area contributed by atoms with E-state index in [1.165, 1.54) is 12.5 Å². The third-order valence-electron chi connectivity index (χ3n) is 6.80. The number of oxazole rings is 1. The molecule has 5 aromatic rings. The molecule has 190 valence electrons. The molecule has 0 bridgehead atoms. The molecular weight excluding hydrogens is 550 g/mol. The largest absolute Gasteiger partial charge is 0.444 e. The van der Waals surface area contributed by atoms with Gasteiger partial charge in [-0.2, -0.15) is 9.78 Å². The molecule has 10 heteroatoms. The molecule has 9 nitrogen and oxygen atoms in total. The van der Waals surface area contributed by atoms with Gasteiger partial charge in [-0.05, 0) is 55.7 Å². The summed E-state index contributed by atoms with van der Waals surface area (Å²) in [6.07, 6.45) is 6.25. The Morgan fingerprint density at radius 3 is 2.45 bits per heavy atom. The zero-order chi connectivity index (χ0) is 26.2. The summed E-state index contributed by atoms with van der Waals surface area (Å²) >= 11 is 3.57. The van der Waals surface area contributed by atoms with Gasteiger partial charge in [-0.15, -0.1) is 0 Å². The highest BCUT2D eigenvalue weighted by atomic mass is 79.9. The maximum absolute atomic E-state index is 13.7. The van der Waals surface area contributed by atoms with Crippen LogP contribution in [0.15, 0.2) is 86.9 Å². The van der Waals surface area contributed by atoms with Gasteiger partial charge < -0.3 is 9.32 Å². The zero-order valence-corrected chi connectivity index (χ0v) is 21.8. The summed E-state index contributed by atoms with van der Waals surface area (Å²) in [4.78, 5) is 31.5. The molecule has 1 aliphatic heterocycles. The fourth-order valence-electron chi connectivity index (χ4n) is 4.98. The third kappa shape index (κ3) is 4.37. The molecule has 6 rings (SSSR count). The van der Waals surface area contributed by atoms with Gasteiger partial charge in [0.2, 0.25) is 0 Å². The Morgan fingerprint density at radius 1 is 0.947 bits per heavy atom. The van der Waals surface area contributed by atoms with Gasteiger partial charge in [0, 0.05) is 45.8 Å². The van der Waals surface area contributed by atoms with Crippen LogP contribution in [0.3, 0.4) is 0 Å². The SMILES string of the molecule is O=c1c2ccccc2c(-c2cc(Br)cc(-c3cnco3)c2)nn1-c1cc(N2CCCCC2)ccc1[N+](=O)[O-]. The Kier molecular flexibility index (Phi) is 6.24. The molecule has 0 unspecified atom stereocenters. The predicted molar refractivity (Wildman–Crippen MR) is 149 cm³/mol. The van der Waals surface area contributed by atoms with E-state index < -0.39 is 10.5 Å². The summed E-state index contributed by atoms with van der Waals surface area (Å²) in [7, 11) is 0. The number of fused-ring (bicyclic) bond motifs is 1. The number of hydrogen-bond acceptors (Lipinski definition) is 7. The number of anilines is 1. The zero-order valence-electron chi connectivity index (χ0n) is 20.2. The van der Waals surface area contributed by atoms with Crippen molar-refractivity contribution < 1.29 is 9.34 Å². The van der Waals surface area contributed by atoms with Crippen molar-refractivity contribution in [3.8, 4) is 28.3 Å². The van der Waals surface area contributed by atoms with Crippen LogP contribution in [-0.4, -0.2) is 32.8 Å². The van der Waals surface area contributed by atoms with E-state index in [2.05, 4.69) is 25.8 Å². The van der Waals surface area contributed by atoms with Crippen molar-refractivity contribution in [1.29, 1.82) is 0 Å². The Hall–Kier alpha value is -4.31. The first-order valence-corrected chi connectivity index (χ1v) is 13.0. The van der Waals surface area contributed by atoms with Crippen LogP contribution in [0.2, 0.25) is 0 Å². The van der Waals surface area contributed by atoms with Gasteiger partial charge in [0.15, 0.2) is 12.2 Å². The highest BCUT2D eigenvalue weighted by Crippen LogP contribution is 2.34. The molecule has 0 amide bonds. The van der Waals surface area contributed by atoms with Crippen molar-refractivity contribution in [3.63, 3.8) is 0 Å². The third-order valence-corrected chi connectivity index (χ3v) is 7.26. The smallest absolute Gasteiger partial charge is 0.295 e. The van der Waals surface area contributed by atoms with E-state index in [4.69, 9.17) is 9.52 Å². The maximum Gasteiger partial charge on any atom is 0.295 e. The summed E-state index contributed by atoms with van der Waals surface area (Å²) in [5, 5.41) is 17.9. The summed E-state index contributed by atoms with van der Waals surface area (Å²) in [6, 6.07) is 17.8. The standard InChI is InChI=1S/C28H22BrN5O4/c29-20-13-18(26-16-30-17-38-26)12-19(14-20)27-22-6-2-3-7-23(22)28(35)33(31-27)25-15-21(8-9-24(25)34(36)37)32-10-4-1-5-11-32/h2-3,6-9,12-17H,1,4-5,10-11H2. The minimum Gasteiger partial charge on any atom is -0.444 e. The molecule has 1 aliphatic rings. The average Bonchev–Trinajstić information content (AvgIpc) is 3.49. The van der Waals surface area contributed by atoms with Crippen LogP contribution < -0.4 is 10.5 Å². The number of nitro benzene ring substituents is 1. The second-order valence-electron chi connectivity index (χ2n) is 9.18. The molecule has 38 heavy (non-hydrogen) atoms. The first-order valence-electron chi connectivity index (χ1n) is 12.3. The first kappa shape index (κ1) is 24.1. The second kappa shape index (κ2) is 9.86. The Labute approximate surface area is 225 Å². The number of nitrogens with zero attached hydrogens (tertiary/aromatic N) is 5. The Balaban J connectivity index is 1.61. The topological polar surface area (TPSA) is 107 Å². The minimum atomic E-state index is -0.473. The van der Waals surface area contributed by atoms with E-state index in [9.17, 15) is 14.9 Å². The lowest BCUT2D eigenvalue weighted by Gasteiger charge is -2.29. The monoisotopic (exact) mass is 571 g/mol. The summed E-state index contributed by atoms with van der Waals surface area (Å²) in [5.74, 6) is 0.579. The summed E-state index contributed by atoms with van der Waals surface area (Å²) < 4.78 is 7.44. The molecular formula is C28H22BrN5O4. The van der Waals surface area contributed by atoms with Gasteiger partial charge in [-0.25, -0.2) is 4.98 Å². The number of halogens is 1. The number of benzene rings is 3. The predicted octanol–water partition coefficient (Wildman–Crippen LogP) is 6.37. The number of hydrogen-bond donors (Lipinski definition) is 0. The van der Waals surface area contributed by atoms with E-state index in [-0.39, 0.29) is 11.4 Å². The van der Waals surface area contributed by atoms with Crippen LogP contribution in [0.5, 0.6) is 0 Å². The van der Waals surface area contributed by atoms with Crippen molar-refractivity contribution in [3.05, 3.63) is 98.2 Å². The second-order valence-corrected chi connectivity index (χ2v) is 10.1. The fourth-order valence-corrected chi connectivity index (χ4v) is 5.47. The Morgan fingerprint density at radius 2 is 1.71 bits per heavy atom. The van der Waals surface area contributed by atoms with Gasteiger partial charge in [0.1, 0.15) is 5.69 Å². The van der Waals surface area contributed by atoms with Crippen molar-refractivity contribution in [2.75, 3.05) is 18.0 Å². The average molecular weight is 572 g/mol. The van der Waals surface area contributed by atoms with Crippen LogP contribution >= 0.6 is 15.9 Å². The quantitative estimate of drug-likeness (QED) is 0.178. The lowest BCUT2D eigenvalue weighted by Crippen LogP contribution is -2.30. The molecule has 1 saturated heterocycles. The van der Waals surface area contributed by atoms with Crippen LogP contribution in [0, 0.1) is 10.1 Å². The van der Waals surface area contributed by atoms with E-state index >= 15 is 0 Å². The van der Waals surface area contributed by atoms with Crippen molar-refractivity contribution >= 4 is 38.1 Å². The van der Waals surface area contributed by atoms with Crippen LogP contribution in [-0.2, 0) is 0 Å². The molecule has 0 saturated carbocycles. The van der Waals surface area contributed by atoms with E-state index in [0.29, 0.717) is 27.8 Å². The van der Waals surface area contributed by atoms with Gasteiger partial charge in [0.25, 0.3) is 11.2 Å². The molecule has 1 fully saturated rings. The molecule has 3 heterocycles. The first-order chi connectivity index (χ1) is 18.5. The molecule has 0 N–H and O–H groups in total. The highest BCUT2D eigenvalue weighted by molar-refractivity contribution is 9.10.